The van der Waals surface area contributed by atoms with Crippen molar-refractivity contribution in [3.05, 3.63) is 0 Å². The van der Waals surface area contributed by atoms with E-state index in [0.717, 1.165) is 12.2 Å². The van der Waals surface area contributed by atoms with Crippen LogP contribution >= 0.6 is 11.8 Å². The molecule has 0 aliphatic rings. The first-order valence-corrected chi connectivity index (χ1v) is 6.38. The molecule has 0 bridgehead atoms. The summed E-state index contributed by atoms with van der Waals surface area (Å²) in [5.41, 5.74) is 5.58. The number of rotatable bonds is 8. The van der Waals surface area contributed by atoms with Crippen molar-refractivity contribution in [2.24, 2.45) is 5.73 Å². The summed E-state index contributed by atoms with van der Waals surface area (Å²) in [6.45, 7) is 4.07. The molecule has 0 radical (unpaired) electrons. The molecule has 0 heterocycles. The lowest BCUT2D eigenvalue weighted by atomic mass is 10.3. The summed E-state index contributed by atoms with van der Waals surface area (Å²) >= 11 is 1.61. The molecule has 15 heavy (non-hydrogen) atoms. The largest absolute Gasteiger partial charge is 0.466 e. The summed E-state index contributed by atoms with van der Waals surface area (Å²) in [6.07, 6.45) is 0.401. The maximum Gasteiger partial charge on any atom is 0.308 e. The molecule has 3 N–H and O–H groups in total. The van der Waals surface area contributed by atoms with E-state index in [0.29, 0.717) is 12.4 Å². The monoisotopic (exact) mass is 235 g/mol. The Hall–Kier alpha value is -0.260. The third-order valence-corrected chi connectivity index (χ3v) is 2.88. The second-order valence-electron chi connectivity index (χ2n) is 3.50. The van der Waals surface area contributed by atoms with Crippen molar-refractivity contribution < 1.29 is 14.6 Å². The van der Waals surface area contributed by atoms with Gasteiger partial charge in [-0.1, -0.05) is 0 Å². The fourth-order valence-corrected chi connectivity index (χ4v) is 2.05. The molecule has 0 fully saturated rings. The van der Waals surface area contributed by atoms with Gasteiger partial charge < -0.3 is 15.6 Å². The van der Waals surface area contributed by atoms with Crippen LogP contribution in [-0.4, -0.2) is 41.3 Å². The molecule has 0 rings (SSSR count). The molecule has 4 nitrogen and oxygen atoms in total. The molecule has 2 atom stereocenters. The van der Waals surface area contributed by atoms with Gasteiger partial charge in [-0.25, -0.2) is 0 Å². The Labute approximate surface area is 95.6 Å². The molecule has 0 aromatic rings. The Morgan fingerprint density at radius 2 is 2.27 bits per heavy atom. The number of hydrogen-bond donors (Lipinski definition) is 2. The van der Waals surface area contributed by atoms with Gasteiger partial charge in [0.1, 0.15) is 0 Å². The quantitative estimate of drug-likeness (QED) is 0.480. The van der Waals surface area contributed by atoms with Gasteiger partial charge in [-0.15, -0.1) is 0 Å². The molecule has 5 heteroatoms. The molecule has 0 aromatic heterocycles. The Kier molecular flexibility index (Phi) is 8.85. The van der Waals surface area contributed by atoms with Gasteiger partial charge in [0.15, 0.2) is 0 Å². The van der Waals surface area contributed by atoms with Crippen LogP contribution in [0.1, 0.15) is 26.7 Å². The fraction of sp³-hybridized carbons (Fsp3) is 0.900. The highest BCUT2D eigenvalue weighted by Gasteiger charge is 2.11. The van der Waals surface area contributed by atoms with E-state index in [1.807, 2.05) is 6.92 Å². The minimum atomic E-state index is -0.609. The lowest BCUT2D eigenvalue weighted by molar-refractivity contribution is -0.144. The predicted molar refractivity (Wildman–Crippen MR) is 62.8 cm³/mol. The van der Waals surface area contributed by atoms with E-state index in [1.165, 1.54) is 0 Å². The van der Waals surface area contributed by atoms with Crippen LogP contribution in [-0.2, 0) is 9.53 Å². The predicted octanol–water partition coefficient (Wildman–Crippen LogP) is 0.771. The van der Waals surface area contributed by atoms with E-state index in [2.05, 4.69) is 0 Å². The maximum atomic E-state index is 11.0. The number of hydrogen-bond acceptors (Lipinski definition) is 5. The highest BCUT2D eigenvalue weighted by atomic mass is 32.2. The average Bonchev–Trinajstić information content (AvgIpc) is 2.12. The molecule has 0 saturated carbocycles. The third-order valence-electron chi connectivity index (χ3n) is 1.74. The molecule has 0 saturated heterocycles. The summed E-state index contributed by atoms with van der Waals surface area (Å²) in [7, 11) is 0. The number of aliphatic hydroxyl groups excluding tert-OH is 1. The van der Waals surface area contributed by atoms with Crippen molar-refractivity contribution in [3.8, 4) is 0 Å². The number of carbonyl (C=O) groups excluding carboxylic acids is 1. The van der Waals surface area contributed by atoms with Crippen LogP contribution in [0.5, 0.6) is 0 Å². The number of esters is 1. The highest BCUT2D eigenvalue weighted by Crippen LogP contribution is 2.08. The van der Waals surface area contributed by atoms with Crippen molar-refractivity contribution in [1.82, 2.24) is 0 Å². The van der Waals surface area contributed by atoms with Crippen LogP contribution in [0.4, 0.5) is 0 Å². The number of nitrogens with two attached hydrogens (primary N) is 1. The Morgan fingerprint density at radius 3 is 2.80 bits per heavy atom. The average molecular weight is 235 g/mol. The zero-order valence-electron chi connectivity index (χ0n) is 9.44. The SMILES string of the molecule is CCOC(=O)CC(O)CSCCC(C)N. The Balaban J connectivity index is 3.40. The van der Waals surface area contributed by atoms with Gasteiger partial charge in [-0.05, 0) is 26.0 Å². The minimum absolute atomic E-state index is 0.0824. The van der Waals surface area contributed by atoms with Gasteiger partial charge in [0.05, 0.1) is 19.1 Å². The van der Waals surface area contributed by atoms with Crippen LogP contribution < -0.4 is 5.73 Å². The van der Waals surface area contributed by atoms with Gasteiger partial charge in [0, 0.05) is 11.8 Å². The second kappa shape index (κ2) is 9.00. The Morgan fingerprint density at radius 1 is 1.60 bits per heavy atom. The molecule has 0 aliphatic heterocycles. The van der Waals surface area contributed by atoms with E-state index < -0.39 is 6.10 Å². The van der Waals surface area contributed by atoms with Gasteiger partial charge >= 0.3 is 5.97 Å². The second-order valence-corrected chi connectivity index (χ2v) is 4.65. The van der Waals surface area contributed by atoms with E-state index in [9.17, 15) is 9.90 Å². The molecule has 0 aromatic carbocycles. The minimum Gasteiger partial charge on any atom is -0.466 e. The third kappa shape index (κ3) is 10.0. The van der Waals surface area contributed by atoms with Crippen molar-refractivity contribution >= 4 is 17.7 Å². The first kappa shape index (κ1) is 14.7. The molecule has 0 aliphatic carbocycles. The molecule has 90 valence electrons. The fourth-order valence-electron chi connectivity index (χ4n) is 0.960. The van der Waals surface area contributed by atoms with Crippen LogP contribution in [0.3, 0.4) is 0 Å². The van der Waals surface area contributed by atoms with E-state index >= 15 is 0 Å². The van der Waals surface area contributed by atoms with Crippen molar-refractivity contribution in [2.75, 3.05) is 18.1 Å². The molecule has 2 unspecified atom stereocenters. The lowest BCUT2D eigenvalue weighted by Crippen LogP contribution is -2.19. The maximum absolute atomic E-state index is 11.0. The van der Waals surface area contributed by atoms with E-state index in [4.69, 9.17) is 10.5 Å². The first-order chi connectivity index (χ1) is 7.06. The highest BCUT2D eigenvalue weighted by molar-refractivity contribution is 7.99. The zero-order chi connectivity index (χ0) is 11.7. The van der Waals surface area contributed by atoms with Crippen LogP contribution in [0.2, 0.25) is 0 Å². The van der Waals surface area contributed by atoms with Crippen molar-refractivity contribution in [1.29, 1.82) is 0 Å². The van der Waals surface area contributed by atoms with Gasteiger partial charge in [-0.2, -0.15) is 11.8 Å². The van der Waals surface area contributed by atoms with Crippen LogP contribution in [0, 0.1) is 0 Å². The van der Waals surface area contributed by atoms with Crippen LogP contribution in [0.25, 0.3) is 0 Å². The van der Waals surface area contributed by atoms with Gasteiger partial charge in [-0.3, -0.25) is 4.79 Å². The standard InChI is InChI=1S/C10H21NO3S/c1-3-14-10(13)6-9(12)7-15-5-4-8(2)11/h8-9,12H,3-7,11H2,1-2H3. The lowest BCUT2D eigenvalue weighted by Gasteiger charge is -2.10. The number of carbonyl (C=O) groups is 1. The normalized spacial score (nSPS) is 14.7. The summed E-state index contributed by atoms with van der Waals surface area (Å²) in [4.78, 5) is 11.0. The molecule has 0 amide bonds. The molecular weight excluding hydrogens is 214 g/mol. The number of aliphatic hydroxyl groups is 1. The van der Waals surface area contributed by atoms with Crippen LogP contribution in [0.15, 0.2) is 0 Å². The number of ether oxygens (including phenoxy) is 1. The van der Waals surface area contributed by atoms with Crippen molar-refractivity contribution in [2.45, 2.75) is 38.8 Å². The summed E-state index contributed by atoms with van der Waals surface area (Å²) in [6, 6.07) is 0.194. The topological polar surface area (TPSA) is 72.5 Å². The first-order valence-electron chi connectivity index (χ1n) is 5.23. The smallest absolute Gasteiger partial charge is 0.308 e. The zero-order valence-corrected chi connectivity index (χ0v) is 10.3. The van der Waals surface area contributed by atoms with Gasteiger partial charge in [0.25, 0.3) is 0 Å². The van der Waals surface area contributed by atoms with E-state index in [-0.39, 0.29) is 18.4 Å². The summed E-state index contributed by atoms with van der Waals surface area (Å²) in [5.74, 6) is 1.14. The van der Waals surface area contributed by atoms with Gasteiger partial charge in [0.2, 0.25) is 0 Å². The Bertz CT molecular complexity index is 176. The summed E-state index contributed by atoms with van der Waals surface area (Å²) in [5, 5.41) is 9.46. The molecular formula is C10H21NO3S. The van der Waals surface area contributed by atoms with Crippen molar-refractivity contribution in [3.63, 3.8) is 0 Å². The number of thioether (sulfide) groups is 1. The molecule has 0 spiro atoms. The van der Waals surface area contributed by atoms with E-state index in [1.54, 1.807) is 18.7 Å². The summed E-state index contributed by atoms with van der Waals surface area (Å²) < 4.78 is 4.73.